The summed E-state index contributed by atoms with van der Waals surface area (Å²) in [6.45, 7) is 7.10. The number of anilines is 1. The number of hydrogen-bond donors (Lipinski definition) is 0. The van der Waals surface area contributed by atoms with Crippen molar-refractivity contribution >= 4 is 28.0 Å². The minimum atomic E-state index is -0.487. The maximum absolute atomic E-state index is 14.5. The van der Waals surface area contributed by atoms with Gasteiger partial charge in [0.2, 0.25) is 0 Å². The Balaban J connectivity index is 1.65. The van der Waals surface area contributed by atoms with Gasteiger partial charge >= 0.3 is 0 Å². The predicted molar refractivity (Wildman–Crippen MR) is 140 cm³/mol. The van der Waals surface area contributed by atoms with Gasteiger partial charge in [0.25, 0.3) is 5.91 Å². The summed E-state index contributed by atoms with van der Waals surface area (Å²) in [7, 11) is 3.28. The van der Waals surface area contributed by atoms with E-state index in [4.69, 9.17) is 4.74 Å². The number of carbonyl (C=O) groups excluding carboxylic acids is 2. The van der Waals surface area contributed by atoms with Crippen LogP contribution in [0.15, 0.2) is 36.5 Å². The van der Waals surface area contributed by atoms with Gasteiger partial charge in [-0.2, -0.15) is 0 Å². The van der Waals surface area contributed by atoms with Gasteiger partial charge in [0.15, 0.2) is 5.78 Å². The summed E-state index contributed by atoms with van der Waals surface area (Å²) in [5, 5.41) is 1.08. The standard InChI is InChI=1S/C28H30FN3O3S/c1-28(2)15-21-24(27(32-7-9-35-10-8-32)36-25(21)23(33)16-28)17-5-6-30-22(14-17)18-11-19(13-20(29)12-18)26(34)31(3)4/h5-6,11-14H,7-10,15-16H2,1-4H3. The SMILES string of the molecule is CN(C)C(=O)c1cc(F)cc(-c2cc(-c3c(N4CCOCC4)sc4c3CC(C)(C)CC4=O)ccn2)c1. The number of ether oxygens (including phenoxy) is 1. The molecule has 2 aliphatic rings. The lowest BCUT2D eigenvalue weighted by Gasteiger charge is -2.30. The number of benzene rings is 1. The Bertz CT molecular complexity index is 1340. The van der Waals surface area contributed by atoms with Crippen LogP contribution in [0.4, 0.5) is 9.39 Å². The Morgan fingerprint density at radius 1 is 1.11 bits per heavy atom. The van der Waals surface area contributed by atoms with Crippen LogP contribution in [0.3, 0.4) is 0 Å². The number of rotatable bonds is 4. The Kier molecular flexibility index (Phi) is 6.43. The van der Waals surface area contributed by atoms with Gasteiger partial charge in [-0.25, -0.2) is 4.39 Å². The number of thiophene rings is 1. The van der Waals surface area contributed by atoms with Gasteiger partial charge in [-0.15, -0.1) is 11.3 Å². The van der Waals surface area contributed by atoms with Crippen LogP contribution < -0.4 is 4.90 Å². The zero-order valence-electron chi connectivity index (χ0n) is 21.1. The van der Waals surface area contributed by atoms with Crippen LogP contribution in [0, 0.1) is 11.2 Å². The summed E-state index contributed by atoms with van der Waals surface area (Å²) in [4.78, 5) is 34.7. The lowest BCUT2D eigenvalue weighted by Crippen LogP contribution is -2.36. The third kappa shape index (κ3) is 4.67. The van der Waals surface area contributed by atoms with Gasteiger partial charge in [-0.1, -0.05) is 13.8 Å². The van der Waals surface area contributed by atoms with Crippen molar-refractivity contribution in [1.82, 2.24) is 9.88 Å². The molecule has 6 nitrogen and oxygen atoms in total. The molecule has 0 radical (unpaired) electrons. The van der Waals surface area contributed by atoms with Crippen molar-refractivity contribution in [3.05, 3.63) is 58.3 Å². The molecule has 8 heteroatoms. The number of fused-ring (bicyclic) bond motifs is 1. The first kappa shape index (κ1) is 24.6. The van der Waals surface area contributed by atoms with E-state index < -0.39 is 5.82 Å². The van der Waals surface area contributed by atoms with E-state index >= 15 is 0 Å². The molecule has 3 aromatic rings. The molecule has 1 aromatic carbocycles. The minimum Gasteiger partial charge on any atom is -0.378 e. The van der Waals surface area contributed by atoms with E-state index in [1.54, 1.807) is 37.7 Å². The molecule has 0 bridgehead atoms. The van der Waals surface area contributed by atoms with Crippen molar-refractivity contribution in [3.63, 3.8) is 0 Å². The van der Waals surface area contributed by atoms with Gasteiger partial charge in [0.05, 0.1) is 28.8 Å². The summed E-state index contributed by atoms with van der Waals surface area (Å²) < 4.78 is 20.1. The first-order chi connectivity index (χ1) is 17.1. The smallest absolute Gasteiger partial charge is 0.253 e. The van der Waals surface area contributed by atoms with Crippen LogP contribution in [-0.2, 0) is 11.2 Å². The summed E-state index contributed by atoms with van der Waals surface area (Å²) >= 11 is 1.58. The third-order valence-electron chi connectivity index (χ3n) is 6.73. The molecule has 188 valence electrons. The maximum Gasteiger partial charge on any atom is 0.253 e. The van der Waals surface area contributed by atoms with E-state index in [1.807, 2.05) is 12.1 Å². The normalized spacial score (nSPS) is 17.1. The van der Waals surface area contributed by atoms with Crippen molar-refractivity contribution in [2.45, 2.75) is 26.7 Å². The fourth-order valence-electron chi connectivity index (χ4n) is 5.05. The van der Waals surface area contributed by atoms with Gasteiger partial charge < -0.3 is 14.5 Å². The highest BCUT2D eigenvalue weighted by molar-refractivity contribution is 7.19. The number of amides is 1. The van der Waals surface area contributed by atoms with Crippen molar-refractivity contribution in [2.24, 2.45) is 5.41 Å². The maximum atomic E-state index is 14.5. The fraction of sp³-hybridized carbons (Fsp3) is 0.393. The van der Waals surface area contributed by atoms with E-state index in [2.05, 4.69) is 23.7 Å². The molecular formula is C28H30FN3O3S. The molecular weight excluding hydrogens is 477 g/mol. The van der Waals surface area contributed by atoms with Crippen LogP contribution in [0.2, 0.25) is 0 Å². The van der Waals surface area contributed by atoms with E-state index in [0.717, 1.165) is 46.1 Å². The highest BCUT2D eigenvalue weighted by Gasteiger charge is 2.37. The zero-order chi connectivity index (χ0) is 25.6. The molecule has 1 aliphatic carbocycles. The third-order valence-corrected chi connectivity index (χ3v) is 8.06. The number of morpholine rings is 1. The lowest BCUT2D eigenvalue weighted by atomic mass is 9.75. The Morgan fingerprint density at radius 2 is 1.86 bits per heavy atom. The van der Waals surface area contributed by atoms with Crippen molar-refractivity contribution in [3.8, 4) is 22.4 Å². The number of ketones is 1. The number of nitrogens with zero attached hydrogens (tertiary/aromatic N) is 3. The van der Waals surface area contributed by atoms with E-state index in [9.17, 15) is 14.0 Å². The molecule has 1 amide bonds. The highest BCUT2D eigenvalue weighted by atomic mass is 32.1. The quantitative estimate of drug-likeness (QED) is 0.479. The van der Waals surface area contributed by atoms with Crippen LogP contribution >= 0.6 is 11.3 Å². The molecule has 1 fully saturated rings. The monoisotopic (exact) mass is 507 g/mol. The molecule has 0 spiro atoms. The zero-order valence-corrected chi connectivity index (χ0v) is 21.9. The molecule has 1 saturated heterocycles. The minimum absolute atomic E-state index is 0.123. The molecule has 3 heterocycles. The molecule has 2 aromatic heterocycles. The summed E-state index contributed by atoms with van der Waals surface area (Å²) in [5.74, 6) is -0.563. The number of Topliss-reactive ketones (excluding diaryl/α,β-unsaturated/α-hetero) is 1. The number of aromatic nitrogens is 1. The summed E-state index contributed by atoms with van der Waals surface area (Å²) in [6.07, 6.45) is 3.06. The summed E-state index contributed by atoms with van der Waals surface area (Å²) in [6, 6.07) is 8.21. The second kappa shape index (κ2) is 9.41. The van der Waals surface area contributed by atoms with E-state index in [1.165, 1.54) is 17.0 Å². The molecule has 5 rings (SSSR count). The topological polar surface area (TPSA) is 62.7 Å². The Hall–Kier alpha value is -3.10. The fourth-order valence-corrected chi connectivity index (χ4v) is 6.38. The van der Waals surface area contributed by atoms with Gasteiger partial charge in [-0.05, 0) is 53.3 Å². The molecule has 0 N–H and O–H groups in total. The van der Waals surface area contributed by atoms with Crippen molar-refractivity contribution < 1.29 is 18.7 Å². The molecule has 0 unspecified atom stereocenters. The number of hydrogen-bond acceptors (Lipinski definition) is 6. The van der Waals surface area contributed by atoms with Crippen LogP contribution in [0.25, 0.3) is 22.4 Å². The van der Waals surface area contributed by atoms with E-state index in [0.29, 0.717) is 30.9 Å². The van der Waals surface area contributed by atoms with Crippen molar-refractivity contribution in [2.75, 3.05) is 45.3 Å². The first-order valence-corrected chi connectivity index (χ1v) is 13.0. The molecule has 0 saturated carbocycles. The van der Waals surface area contributed by atoms with Gasteiger partial charge in [0.1, 0.15) is 5.82 Å². The average Bonchev–Trinajstić information content (AvgIpc) is 3.22. The predicted octanol–water partition coefficient (Wildman–Crippen LogP) is 5.31. The first-order valence-electron chi connectivity index (χ1n) is 12.1. The average molecular weight is 508 g/mol. The molecule has 36 heavy (non-hydrogen) atoms. The number of pyridine rings is 1. The second-order valence-corrected chi connectivity index (χ2v) is 11.5. The highest BCUT2D eigenvalue weighted by Crippen LogP contribution is 2.49. The lowest BCUT2D eigenvalue weighted by molar-refractivity contribution is 0.0826. The van der Waals surface area contributed by atoms with E-state index in [-0.39, 0.29) is 22.7 Å². The van der Waals surface area contributed by atoms with Crippen molar-refractivity contribution in [1.29, 1.82) is 0 Å². The second-order valence-electron chi connectivity index (χ2n) is 10.5. The van der Waals surface area contributed by atoms with Crippen LogP contribution in [0.5, 0.6) is 0 Å². The number of halogens is 1. The molecule has 0 atom stereocenters. The van der Waals surface area contributed by atoms with Crippen LogP contribution in [0.1, 0.15) is 45.9 Å². The van der Waals surface area contributed by atoms with Gasteiger partial charge in [-0.3, -0.25) is 14.6 Å². The Morgan fingerprint density at radius 3 is 2.58 bits per heavy atom. The van der Waals surface area contributed by atoms with Crippen LogP contribution in [-0.4, -0.2) is 62.0 Å². The largest absolute Gasteiger partial charge is 0.378 e. The Labute approximate surface area is 214 Å². The molecule has 1 aliphatic heterocycles. The number of carbonyl (C=O) groups is 2. The van der Waals surface area contributed by atoms with Gasteiger partial charge in [0, 0.05) is 56.5 Å². The summed E-state index contributed by atoms with van der Waals surface area (Å²) in [5.41, 5.74) is 4.35.